The van der Waals surface area contributed by atoms with Crippen LogP contribution in [0.4, 0.5) is 0 Å². The number of H-pyrrole nitrogens is 2. The summed E-state index contributed by atoms with van der Waals surface area (Å²) in [6.07, 6.45) is 0. The Morgan fingerprint density at radius 1 is 1.13 bits per heavy atom. The van der Waals surface area contributed by atoms with Crippen LogP contribution in [0.15, 0.2) is 10.9 Å². The molecule has 0 bridgehead atoms. The number of aromatic amines is 2. The van der Waals surface area contributed by atoms with Crippen LogP contribution in [-0.4, -0.2) is 9.97 Å². The number of fused-ring (bicyclic) bond motifs is 1. The first-order valence-electron chi connectivity index (χ1n) is 5.22. The minimum Gasteiger partial charge on any atom is -0.306 e. The molecule has 0 unspecified atom stereocenters. The van der Waals surface area contributed by atoms with Crippen molar-refractivity contribution in [3.8, 4) is 0 Å². The van der Waals surface area contributed by atoms with E-state index >= 15 is 0 Å². The molecule has 0 fully saturated rings. The van der Waals surface area contributed by atoms with Gasteiger partial charge >= 0.3 is 5.69 Å². The van der Waals surface area contributed by atoms with Crippen molar-refractivity contribution in [3.05, 3.63) is 33.2 Å². The SMILES string of the molecule is Cc1c(C(C)C)cc2[nH]c(=O)[nH]c2c1C. The lowest BCUT2D eigenvalue weighted by atomic mass is 9.94. The van der Waals surface area contributed by atoms with E-state index in [0.717, 1.165) is 16.6 Å². The lowest BCUT2D eigenvalue weighted by molar-refractivity contribution is 0.856. The lowest BCUT2D eigenvalue weighted by Gasteiger charge is -2.12. The third-order valence-corrected chi connectivity index (χ3v) is 3.05. The molecule has 3 nitrogen and oxygen atoms in total. The predicted octanol–water partition coefficient (Wildman–Crippen LogP) is 2.60. The van der Waals surface area contributed by atoms with Crippen molar-refractivity contribution in [1.82, 2.24) is 9.97 Å². The normalized spacial score (nSPS) is 11.5. The molecule has 0 aliphatic carbocycles. The van der Waals surface area contributed by atoms with Crippen LogP contribution in [0.1, 0.15) is 36.5 Å². The van der Waals surface area contributed by atoms with Crippen LogP contribution in [-0.2, 0) is 0 Å². The third kappa shape index (κ3) is 1.48. The monoisotopic (exact) mass is 204 g/mol. The Balaban J connectivity index is 2.87. The first-order chi connectivity index (χ1) is 7.00. The first-order valence-corrected chi connectivity index (χ1v) is 5.22. The van der Waals surface area contributed by atoms with E-state index in [1.54, 1.807) is 0 Å². The zero-order valence-electron chi connectivity index (χ0n) is 9.56. The Bertz CT molecular complexity index is 561. The number of hydrogen-bond donors (Lipinski definition) is 2. The number of benzene rings is 1. The van der Waals surface area contributed by atoms with E-state index in [1.165, 1.54) is 11.1 Å². The number of nitrogens with one attached hydrogen (secondary N) is 2. The number of rotatable bonds is 1. The van der Waals surface area contributed by atoms with Crippen molar-refractivity contribution < 1.29 is 0 Å². The second-order valence-electron chi connectivity index (χ2n) is 4.37. The maximum atomic E-state index is 11.2. The highest BCUT2D eigenvalue weighted by atomic mass is 16.1. The molecule has 3 heteroatoms. The molecule has 0 aliphatic heterocycles. The maximum absolute atomic E-state index is 11.2. The molecule has 2 rings (SSSR count). The van der Waals surface area contributed by atoms with Gasteiger partial charge in [-0.15, -0.1) is 0 Å². The third-order valence-electron chi connectivity index (χ3n) is 3.05. The lowest BCUT2D eigenvalue weighted by Crippen LogP contribution is -1.99. The van der Waals surface area contributed by atoms with Crippen LogP contribution in [0.5, 0.6) is 0 Å². The van der Waals surface area contributed by atoms with E-state index in [9.17, 15) is 4.79 Å². The molecule has 0 amide bonds. The smallest absolute Gasteiger partial charge is 0.306 e. The Kier molecular flexibility index (Phi) is 2.18. The van der Waals surface area contributed by atoms with Crippen molar-refractivity contribution in [2.75, 3.05) is 0 Å². The first kappa shape index (κ1) is 10.0. The average Bonchev–Trinajstić information content (AvgIpc) is 2.52. The molecule has 0 saturated heterocycles. The van der Waals surface area contributed by atoms with Gasteiger partial charge in [-0.1, -0.05) is 13.8 Å². The molecule has 2 N–H and O–H groups in total. The highest BCUT2D eigenvalue weighted by molar-refractivity contribution is 5.80. The fraction of sp³-hybridized carbons (Fsp3) is 0.417. The van der Waals surface area contributed by atoms with Crippen molar-refractivity contribution in [3.63, 3.8) is 0 Å². The molecule has 0 spiro atoms. The molecule has 1 aromatic heterocycles. The zero-order chi connectivity index (χ0) is 11.2. The summed E-state index contributed by atoms with van der Waals surface area (Å²) in [6, 6.07) is 2.07. The standard InChI is InChI=1S/C12H16N2O/c1-6(2)9-5-10-11(8(4)7(9)3)14-12(15)13-10/h5-6H,1-4H3,(H2,13,14,15). The van der Waals surface area contributed by atoms with E-state index in [4.69, 9.17) is 0 Å². The van der Waals surface area contributed by atoms with Crippen LogP contribution in [0, 0.1) is 13.8 Å². The van der Waals surface area contributed by atoms with Gasteiger partial charge in [0.15, 0.2) is 0 Å². The Hall–Kier alpha value is -1.51. The topological polar surface area (TPSA) is 48.6 Å². The summed E-state index contributed by atoms with van der Waals surface area (Å²) in [5.41, 5.74) is 5.44. The second-order valence-corrected chi connectivity index (χ2v) is 4.37. The Morgan fingerprint density at radius 2 is 1.80 bits per heavy atom. The zero-order valence-corrected chi connectivity index (χ0v) is 9.56. The van der Waals surface area contributed by atoms with Crippen LogP contribution in [0.2, 0.25) is 0 Å². The molecular formula is C12H16N2O. The molecule has 80 valence electrons. The van der Waals surface area contributed by atoms with Gasteiger partial charge in [-0.3, -0.25) is 0 Å². The maximum Gasteiger partial charge on any atom is 0.323 e. The number of imidazole rings is 1. The Morgan fingerprint density at radius 3 is 2.40 bits per heavy atom. The molecule has 1 heterocycles. The van der Waals surface area contributed by atoms with Gasteiger partial charge in [0.05, 0.1) is 11.0 Å². The van der Waals surface area contributed by atoms with Crippen LogP contribution in [0.3, 0.4) is 0 Å². The van der Waals surface area contributed by atoms with Gasteiger partial charge in [-0.05, 0) is 42.5 Å². The molecule has 0 aliphatic rings. The summed E-state index contributed by atoms with van der Waals surface area (Å²) >= 11 is 0. The molecule has 2 aromatic rings. The summed E-state index contributed by atoms with van der Waals surface area (Å²) < 4.78 is 0. The van der Waals surface area contributed by atoms with Crippen molar-refractivity contribution in [1.29, 1.82) is 0 Å². The summed E-state index contributed by atoms with van der Waals surface area (Å²) in [7, 11) is 0. The van der Waals surface area contributed by atoms with Gasteiger partial charge in [0.25, 0.3) is 0 Å². The summed E-state index contributed by atoms with van der Waals surface area (Å²) in [5.74, 6) is 0.478. The van der Waals surface area contributed by atoms with Gasteiger partial charge in [0.1, 0.15) is 0 Å². The second kappa shape index (κ2) is 3.26. The predicted molar refractivity (Wildman–Crippen MR) is 62.5 cm³/mol. The fourth-order valence-electron chi connectivity index (χ4n) is 2.07. The number of hydrogen-bond acceptors (Lipinski definition) is 1. The van der Waals surface area contributed by atoms with E-state index in [2.05, 4.69) is 36.8 Å². The number of aromatic nitrogens is 2. The van der Waals surface area contributed by atoms with Gasteiger partial charge in [-0.2, -0.15) is 0 Å². The van der Waals surface area contributed by atoms with Gasteiger partial charge < -0.3 is 9.97 Å². The van der Waals surface area contributed by atoms with E-state index in [-0.39, 0.29) is 5.69 Å². The molecular weight excluding hydrogens is 188 g/mol. The molecule has 0 atom stereocenters. The Labute approximate surface area is 88.5 Å². The molecule has 0 radical (unpaired) electrons. The van der Waals surface area contributed by atoms with Crippen LogP contribution in [0.25, 0.3) is 11.0 Å². The van der Waals surface area contributed by atoms with Crippen molar-refractivity contribution in [2.24, 2.45) is 0 Å². The van der Waals surface area contributed by atoms with Crippen molar-refractivity contribution in [2.45, 2.75) is 33.6 Å². The van der Waals surface area contributed by atoms with Gasteiger partial charge in [0, 0.05) is 0 Å². The fourth-order valence-corrected chi connectivity index (χ4v) is 2.07. The van der Waals surface area contributed by atoms with Gasteiger partial charge in [0.2, 0.25) is 0 Å². The van der Waals surface area contributed by atoms with Gasteiger partial charge in [-0.25, -0.2) is 4.79 Å². The van der Waals surface area contributed by atoms with E-state index in [0.29, 0.717) is 5.92 Å². The van der Waals surface area contributed by atoms with Crippen LogP contribution < -0.4 is 5.69 Å². The molecule has 15 heavy (non-hydrogen) atoms. The molecule has 0 saturated carbocycles. The summed E-state index contributed by atoms with van der Waals surface area (Å²) in [5, 5.41) is 0. The number of aryl methyl sites for hydroxylation is 1. The summed E-state index contributed by atoms with van der Waals surface area (Å²) in [4.78, 5) is 16.9. The van der Waals surface area contributed by atoms with Crippen LogP contribution >= 0.6 is 0 Å². The van der Waals surface area contributed by atoms with E-state index < -0.39 is 0 Å². The molecule has 1 aromatic carbocycles. The highest BCUT2D eigenvalue weighted by Crippen LogP contribution is 2.26. The van der Waals surface area contributed by atoms with E-state index in [1.807, 2.05) is 6.92 Å². The summed E-state index contributed by atoms with van der Waals surface area (Å²) in [6.45, 7) is 8.49. The quantitative estimate of drug-likeness (QED) is 0.737. The average molecular weight is 204 g/mol. The minimum absolute atomic E-state index is 0.131. The highest BCUT2D eigenvalue weighted by Gasteiger charge is 2.11. The van der Waals surface area contributed by atoms with Crippen molar-refractivity contribution >= 4 is 11.0 Å². The largest absolute Gasteiger partial charge is 0.323 e. The minimum atomic E-state index is -0.131.